The molecule has 0 bridgehead atoms. The van der Waals surface area contributed by atoms with Gasteiger partial charge in [0.1, 0.15) is 6.54 Å². The fourth-order valence-corrected chi connectivity index (χ4v) is 5.43. The van der Waals surface area contributed by atoms with Crippen LogP contribution in [0.15, 0.2) is 103 Å². The molecule has 38 heavy (non-hydrogen) atoms. The van der Waals surface area contributed by atoms with E-state index in [2.05, 4.69) is 42.2 Å². The lowest BCUT2D eigenvalue weighted by atomic mass is 9.98. The van der Waals surface area contributed by atoms with Gasteiger partial charge in [0.05, 0.1) is 17.4 Å². The first kappa shape index (κ1) is 24.6. The molecular formula is C27H20Br2N6O3. The molecule has 0 N–H and O–H groups in total. The Morgan fingerprint density at radius 2 is 1.53 bits per heavy atom. The van der Waals surface area contributed by atoms with Gasteiger partial charge in [-0.25, -0.2) is 9.91 Å². The molecule has 1 fully saturated rings. The van der Waals surface area contributed by atoms with Crippen LogP contribution in [0, 0.1) is 0 Å². The Bertz CT molecular complexity index is 1480. The second-order valence-corrected chi connectivity index (χ2v) is 10.9. The van der Waals surface area contributed by atoms with E-state index in [1.54, 1.807) is 24.3 Å². The lowest BCUT2D eigenvalue weighted by molar-refractivity contribution is -0.135. The van der Waals surface area contributed by atoms with E-state index in [0.29, 0.717) is 12.1 Å². The highest BCUT2D eigenvalue weighted by Gasteiger charge is 2.55. The largest absolute Gasteiger partial charge is 0.271 e. The van der Waals surface area contributed by atoms with Gasteiger partial charge in [0.2, 0.25) is 0 Å². The standard InChI is InChI=1S/C27H20Br2N6O3/c28-18-8-6-16(7-9-18)21-14-22(17-4-2-1-3-5-17)35(31-21)23(36)15-33-25-24(30-32-33)26(37)34(27(25)38)20-12-10-19(29)11-13-20/h1-13,22,24-25H,14-15H2/t22-,24+,25-/m0/s1. The quantitative estimate of drug-likeness (QED) is 0.373. The Morgan fingerprint density at radius 3 is 2.21 bits per heavy atom. The van der Waals surface area contributed by atoms with Crippen LogP contribution in [0.25, 0.3) is 0 Å². The van der Waals surface area contributed by atoms with Crippen molar-refractivity contribution in [3.8, 4) is 0 Å². The molecule has 3 aromatic rings. The van der Waals surface area contributed by atoms with Crippen molar-refractivity contribution in [1.29, 1.82) is 0 Å². The molecule has 3 aliphatic rings. The molecule has 9 nitrogen and oxygen atoms in total. The number of nitrogens with zero attached hydrogens (tertiary/aromatic N) is 6. The number of benzene rings is 3. The minimum atomic E-state index is -0.982. The van der Waals surface area contributed by atoms with Crippen LogP contribution in [0.5, 0.6) is 0 Å². The van der Waals surface area contributed by atoms with Gasteiger partial charge in [-0.2, -0.15) is 10.2 Å². The van der Waals surface area contributed by atoms with Gasteiger partial charge in [-0.15, -0.1) is 0 Å². The zero-order valence-electron chi connectivity index (χ0n) is 19.8. The van der Waals surface area contributed by atoms with E-state index in [4.69, 9.17) is 5.10 Å². The molecule has 3 amide bonds. The van der Waals surface area contributed by atoms with Crippen molar-refractivity contribution in [2.75, 3.05) is 11.4 Å². The van der Waals surface area contributed by atoms with Crippen molar-refractivity contribution in [2.45, 2.75) is 24.5 Å². The summed E-state index contributed by atoms with van der Waals surface area (Å²) >= 11 is 6.81. The Morgan fingerprint density at radius 1 is 0.868 bits per heavy atom. The van der Waals surface area contributed by atoms with Gasteiger partial charge in [0, 0.05) is 15.4 Å². The van der Waals surface area contributed by atoms with Crippen molar-refractivity contribution in [3.05, 3.63) is 98.9 Å². The smallest absolute Gasteiger partial charge is 0.264 e. The number of carbonyl (C=O) groups excluding carboxylic acids is 3. The second kappa shape index (κ2) is 9.88. The zero-order chi connectivity index (χ0) is 26.4. The Kier molecular flexibility index (Phi) is 6.40. The van der Waals surface area contributed by atoms with Gasteiger partial charge in [-0.3, -0.25) is 19.4 Å². The molecular weight excluding hydrogens is 616 g/mol. The predicted molar refractivity (Wildman–Crippen MR) is 147 cm³/mol. The molecule has 1 saturated heterocycles. The molecule has 3 heterocycles. The van der Waals surface area contributed by atoms with Gasteiger partial charge >= 0.3 is 0 Å². The highest BCUT2D eigenvalue weighted by molar-refractivity contribution is 9.10. The van der Waals surface area contributed by atoms with Gasteiger partial charge < -0.3 is 0 Å². The summed E-state index contributed by atoms with van der Waals surface area (Å²) in [4.78, 5) is 41.1. The first-order chi connectivity index (χ1) is 18.4. The van der Waals surface area contributed by atoms with Gasteiger partial charge in [0.25, 0.3) is 17.7 Å². The molecule has 0 radical (unpaired) electrons. The molecule has 0 aromatic heterocycles. The molecule has 3 aliphatic heterocycles. The monoisotopic (exact) mass is 634 g/mol. The summed E-state index contributed by atoms with van der Waals surface area (Å²) in [7, 11) is 0. The van der Waals surface area contributed by atoms with Gasteiger partial charge in [0.15, 0.2) is 12.1 Å². The number of carbonyl (C=O) groups is 3. The van der Waals surface area contributed by atoms with Crippen LogP contribution in [0.1, 0.15) is 23.6 Å². The maximum atomic E-state index is 13.6. The lowest BCUT2D eigenvalue weighted by Gasteiger charge is -2.25. The van der Waals surface area contributed by atoms with E-state index < -0.39 is 23.9 Å². The maximum absolute atomic E-state index is 13.6. The van der Waals surface area contributed by atoms with Crippen LogP contribution >= 0.6 is 31.9 Å². The van der Waals surface area contributed by atoms with Crippen LogP contribution in [0.3, 0.4) is 0 Å². The molecule has 11 heteroatoms. The maximum Gasteiger partial charge on any atom is 0.264 e. The number of anilines is 1. The average molecular weight is 636 g/mol. The minimum Gasteiger partial charge on any atom is -0.271 e. The third kappa shape index (κ3) is 4.35. The van der Waals surface area contributed by atoms with E-state index in [1.165, 1.54) is 10.0 Å². The normalized spacial score (nSPS) is 22.3. The summed E-state index contributed by atoms with van der Waals surface area (Å²) in [6.45, 7) is -0.238. The van der Waals surface area contributed by atoms with Gasteiger partial charge in [-0.1, -0.05) is 79.5 Å². The molecule has 0 aliphatic carbocycles. The number of rotatable bonds is 5. The van der Waals surface area contributed by atoms with E-state index in [9.17, 15) is 14.4 Å². The van der Waals surface area contributed by atoms with Crippen molar-refractivity contribution >= 4 is 61.0 Å². The number of hydrogen-bond acceptors (Lipinski definition) is 7. The highest BCUT2D eigenvalue weighted by Crippen LogP contribution is 2.35. The molecule has 6 rings (SSSR count). The third-order valence-corrected chi connectivity index (χ3v) is 7.83. The second-order valence-electron chi connectivity index (χ2n) is 9.10. The van der Waals surface area contributed by atoms with Crippen LogP contribution in [-0.4, -0.2) is 52.1 Å². The predicted octanol–water partition coefficient (Wildman–Crippen LogP) is 4.88. The molecule has 0 saturated carbocycles. The lowest BCUT2D eigenvalue weighted by Crippen LogP contribution is -2.44. The van der Waals surface area contributed by atoms with Crippen molar-refractivity contribution in [1.82, 2.24) is 10.0 Å². The summed E-state index contributed by atoms with van der Waals surface area (Å²) in [6, 6.07) is 22.1. The number of hydrazone groups is 1. The molecule has 3 atom stereocenters. The summed E-state index contributed by atoms with van der Waals surface area (Å²) < 4.78 is 1.78. The Hall–Kier alpha value is -3.70. The zero-order valence-corrected chi connectivity index (χ0v) is 23.0. The Labute approximate surface area is 235 Å². The number of imide groups is 1. The van der Waals surface area contributed by atoms with Crippen molar-refractivity contribution in [3.63, 3.8) is 0 Å². The van der Waals surface area contributed by atoms with Crippen LogP contribution < -0.4 is 4.90 Å². The average Bonchev–Trinajstić information content (AvgIpc) is 3.61. The SMILES string of the molecule is O=C1[C@@H]2[C@@H](N=NN2CC(=O)N2N=C(c3ccc(Br)cc3)C[C@H]2c2ccccc2)C(=O)N1c1ccc(Br)cc1. The topological polar surface area (TPSA) is 98.0 Å². The van der Waals surface area contributed by atoms with E-state index in [0.717, 1.165) is 30.7 Å². The summed E-state index contributed by atoms with van der Waals surface area (Å²) in [5, 5.41) is 15.6. The van der Waals surface area contributed by atoms with Crippen LogP contribution in [-0.2, 0) is 14.4 Å². The molecule has 0 spiro atoms. The highest BCUT2D eigenvalue weighted by atomic mass is 79.9. The first-order valence-electron chi connectivity index (χ1n) is 11.9. The molecule has 190 valence electrons. The van der Waals surface area contributed by atoms with Crippen LogP contribution in [0.4, 0.5) is 5.69 Å². The Balaban J connectivity index is 1.25. The summed E-state index contributed by atoms with van der Waals surface area (Å²) in [5.41, 5.74) is 3.11. The number of halogens is 2. The molecule has 0 unspecified atom stereocenters. The number of fused-ring (bicyclic) bond motifs is 1. The van der Waals surface area contributed by atoms with Crippen molar-refractivity contribution in [2.24, 2.45) is 15.4 Å². The fourth-order valence-electron chi connectivity index (χ4n) is 4.90. The van der Waals surface area contributed by atoms with E-state index >= 15 is 0 Å². The van der Waals surface area contributed by atoms with Gasteiger partial charge in [-0.05, 0) is 47.5 Å². The van der Waals surface area contributed by atoms with E-state index in [1.807, 2.05) is 54.6 Å². The summed E-state index contributed by atoms with van der Waals surface area (Å²) in [5.74, 6) is -1.26. The third-order valence-electron chi connectivity index (χ3n) is 6.77. The first-order valence-corrected chi connectivity index (χ1v) is 13.5. The number of hydrogen-bond donors (Lipinski definition) is 0. The number of amides is 3. The van der Waals surface area contributed by atoms with E-state index in [-0.39, 0.29) is 18.5 Å². The van der Waals surface area contributed by atoms with Crippen LogP contribution in [0.2, 0.25) is 0 Å². The summed E-state index contributed by atoms with van der Waals surface area (Å²) in [6.07, 6.45) is 0.541. The fraction of sp³-hybridized carbons (Fsp3) is 0.185. The van der Waals surface area contributed by atoms with Crippen molar-refractivity contribution < 1.29 is 14.4 Å². The molecule has 3 aromatic carbocycles. The minimum absolute atomic E-state index is 0.238.